The molecule has 1 heteroatoms. The third kappa shape index (κ3) is 4.52. The van der Waals surface area contributed by atoms with Gasteiger partial charge >= 0.3 is 0 Å². The van der Waals surface area contributed by atoms with Crippen molar-refractivity contribution in [3.63, 3.8) is 0 Å². The first-order valence-corrected chi connectivity index (χ1v) is 6.96. The molecule has 0 fully saturated rings. The Labute approximate surface area is 121 Å². The van der Waals surface area contributed by atoms with Crippen molar-refractivity contribution in [2.45, 2.75) is 13.0 Å². The fourth-order valence-electron chi connectivity index (χ4n) is 1.98. The Balaban J connectivity index is 2.01. The molecule has 0 radical (unpaired) electrons. The van der Waals surface area contributed by atoms with Crippen molar-refractivity contribution in [2.75, 3.05) is 6.61 Å². The van der Waals surface area contributed by atoms with Crippen LogP contribution in [-0.2, 0) is 4.74 Å². The molecule has 20 heavy (non-hydrogen) atoms. The number of benzene rings is 2. The number of hydrogen-bond donors (Lipinski definition) is 0. The van der Waals surface area contributed by atoms with Crippen LogP contribution in [0, 0.1) is 0 Å². The lowest BCUT2D eigenvalue weighted by Gasteiger charge is -2.12. The first-order valence-electron chi connectivity index (χ1n) is 6.96. The largest absolute Gasteiger partial charge is 0.370 e. The standard InChI is InChI=1S/C19H20O/c1-2-20-19(18-14-7-4-8-15-18)16-10-9-13-17-11-5-3-6-12-17/h3-16,19H,2H2,1H3/b13-9+,16-10+. The molecule has 0 aromatic heterocycles. The van der Waals surface area contributed by atoms with Crippen molar-refractivity contribution in [1.29, 1.82) is 0 Å². The number of ether oxygens (including phenoxy) is 1. The molecule has 0 N–H and O–H groups in total. The van der Waals surface area contributed by atoms with Gasteiger partial charge in [-0.05, 0) is 18.1 Å². The van der Waals surface area contributed by atoms with Gasteiger partial charge in [0.1, 0.15) is 6.10 Å². The van der Waals surface area contributed by atoms with Crippen LogP contribution < -0.4 is 0 Å². The van der Waals surface area contributed by atoms with Gasteiger partial charge in [0.25, 0.3) is 0 Å². The van der Waals surface area contributed by atoms with Crippen LogP contribution in [0.3, 0.4) is 0 Å². The van der Waals surface area contributed by atoms with Crippen LogP contribution in [0.5, 0.6) is 0 Å². The predicted molar refractivity (Wildman–Crippen MR) is 85.4 cm³/mol. The SMILES string of the molecule is CCOC(/C=C/C=C/c1ccccc1)c1ccccc1. The molecule has 0 aliphatic carbocycles. The van der Waals surface area contributed by atoms with Crippen LogP contribution in [-0.4, -0.2) is 6.61 Å². The second-order valence-electron chi connectivity index (χ2n) is 4.44. The van der Waals surface area contributed by atoms with Gasteiger partial charge in [-0.3, -0.25) is 0 Å². The van der Waals surface area contributed by atoms with E-state index in [1.54, 1.807) is 0 Å². The van der Waals surface area contributed by atoms with Crippen molar-refractivity contribution in [1.82, 2.24) is 0 Å². The lowest BCUT2D eigenvalue weighted by Crippen LogP contribution is -2.00. The Hall–Kier alpha value is -2.12. The molecule has 102 valence electrons. The molecule has 2 aromatic rings. The summed E-state index contributed by atoms with van der Waals surface area (Å²) in [5.41, 5.74) is 2.38. The van der Waals surface area contributed by atoms with Crippen molar-refractivity contribution in [2.24, 2.45) is 0 Å². The van der Waals surface area contributed by atoms with Gasteiger partial charge in [0.2, 0.25) is 0 Å². The van der Waals surface area contributed by atoms with Gasteiger partial charge in [0.15, 0.2) is 0 Å². The van der Waals surface area contributed by atoms with E-state index in [-0.39, 0.29) is 6.10 Å². The van der Waals surface area contributed by atoms with Crippen LogP contribution in [0.15, 0.2) is 78.9 Å². The molecule has 0 aliphatic heterocycles. The molecular formula is C19H20O. The summed E-state index contributed by atoms with van der Waals surface area (Å²) < 4.78 is 5.76. The molecule has 2 aromatic carbocycles. The van der Waals surface area contributed by atoms with Crippen molar-refractivity contribution in [3.8, 4) is 0 Å². The van der Waals surface area contributed by atoms with Gasteiger partial charge in [0, 0.05) is 6.61 Å². The molecule has 0 spiro atoms. The summed E-state index contributed by atoms with van der Waals surface area (Å²) in [6.07, 6.45) is 8.27. The van der Waals surface area contributed by atoms with Crippen molar-refractivity contribution < 1.29 is 4.74 Å². The molecule has 0 heterocycles. The Morgan fingerprint density at radius 1 is 0.900 bits per heavy atom. The summed E-state index contributed by atoms with van der Waals surface area (Å²) in [6.45, 7) is 2.72. The summed E-state index contributed by atoms with van der Waals surface area (Å²) >= 11 is 0. The molecule has 1 unspecified atom stereocenters. The minimum absolute atomic E-state index is 0.0154. The predicted octanol–water partition coefficient (Wildman–Crippen LogP) is 5.03. The Kier molecular flexibility index (Phi) is 5.81. The normalized spacial score (nSPS) is 13.1. The van der Waals surface area contributed by atoms with Crippen molar-refractivity contribution >= 4 is 6.08 Å². The molecule has 0 saturated heterocycles. The van der Waals surface area contributed by atoms with Gasteiger partial charge in [0.05, 0.1) is 0 Å². The van der Waals surface area contributed by atoms with Crippen molar-refractivity contribution in [3.05, 3.63) is 90.0 Å². The zero-order chi connectivity index (χ0) is 14.0. The fourth-order valence-corrected chi connectivity index (χ4v) is 1.98. The Morgan fingerprint density at radius 3 is 2.20 bits per heavy atom. The van der Waals surface area contributed by atoms with Gasteiger partial charge in [-0.2, -0.15) is 0 Å². The quantitative estimate of drug-likeness (QED) is 0.665. The van der Waals surface area contributed by atoms with Crippen LogP contribution in [0.4, 0.5) is 0 Å². The highest BCUT2D eigenvalue weighted by molar-refractivity contribution is 5.50. The van der Waals surface area contributed by atoms with Crippen LogP contribution in [0.25, 0.3) is 6.08 Å². The zero-order valence-corrected chi connectivity index (χ0v) is 11.8. The van der Waals surface area contributed by atoms with Gasteiger partial charge in [-0.25, -0.2) is 0 Å². The molecule has 0 amide bonds. The monoisotopic (exact) mass is 264 g/mol. The smallest absolute Gasteiger partial charge is 0.101 e. The summed E-state index contributed by atoms with van der Waals surface area (Å²) in [6, 6.07) is 20.5. The Morgan fingerprint density at radius 2 is 1.55 bits per heavy atom. The molecule has 0 aliphatic rings. The topological polar surface area (TPSA) is 9.23 Å². The molecule has 0 bridgehead atoms. The van der Waals surface area contributed by atoms with E-state index in [1.165, 1.54) is 11.1 Å². The number of rotatable bonds is 6. The highest BCUT2D eigenvalue weighted by Gasteiger charge is 2.05. The van der Waals surface area contributed by atoms with Gasteiger partial charge < -0.3 is 4.74 Å². The van der Waals surface area contributed by atoms with E-state index in [4.69, 9.17) is 4.74 Å². The van der Waals surface area contributed by atoms with Gasteiger partial charge in [-0.1, -0.05) is 85.0 Å². The van der Waals surface area contributed by atoms with E-state index in [9.17, 15) is 0 Å². The number of allylic oxidation sites excluding steroid dienone is 2. The lowest BCUT2D eigenvalue weighted by molar-refractivity contribution is 0.0968. The summed E-state index contributed by atoms with van der Waals surface area (Å²) in [5, 5.41) is 0. The molecule has 1 nitrogen and oxygen atoms in total. The second-order valence-corrected chi connectivity index (χ2v) is 4.44. The van der Waals surface area contributed by atoms with Crippen LogP contribution >= 0.6 is 0 Å². The highest BCUT2D eigenvalue weighted by atomic mass is 16.5. The Bertz CT molecular complexity index is 540. The summed E-state index contributed by atoms with van der Waals surface area (Å²) in [7, 11) is 0. The second kappa shape index (κ2) is 8.13. The highest BCUT2D eigenvalue weighted by Crippen LogP contribution is 2.18. The average Bonchev–Trinajstić information content (AvgIpc) is 2.52. The molecule has 2 rings (SSSR count). The van der Waals surface area contributed by atoms with Gasteiger partial charge in [-0.15, -0.1) is 0 Å². The maximum Gasteiger partial charge on any atom is 0.101 e. The van der Waals surface area contributed by atoms with E-state index in [0.29, 0.717) is 6.61 Å². The average molecular weight is 264 g/mol. The van der Waals surface area contributed by atoms with E-state index in [1.807, 2.05) is 55.5 Å². The minimum atomic E-state index is 0.0154. The first-order chi connectivity index (χ1) is 9.90. The maximum atomic E-state index is 5.76. The zero-order valence-electron chi connectivity index (χ0n) is 11.8. The number of hydrogen-bond acceptors (Lipinski definition) is 1. The van der Waals surface area contributed by atoms with E-state index in [0.717, 1.165) is 0 Å². The summed E-state index contributed by atoms with van der Waals surface area (Å²) in [4.78, 5) is 0. The third-order valence-electron chi connectivity index (χ3n) is 2.96. The molecule has 1 atom stereocenters. The fraction of sp³-hybridized carbons (Fsp3) is 0.158. The minimum Gasteiger partial charge on any atom is -0.370 e. The first kappa shape index (κ1) is 14.3. The van der Waals surface area contributed by atoms with E-state index >= 15 is 0 Å². The van der Waals surface area contributed by atoms with Crippen LogP contribution in [0.2, 0.25) is 0 Å². The molecule has 0 saturated carbocycles. The molecular weight excluding hydrogens is 244 g/mol. The van der Waals surface area contributed by atoms with E-state index in [2.05, 4.69) is 36.4 Å². The summed E-state index contributed by atoms with van der Waals surface area (Å²) in [5.74, 6) is 0. The van der Waals surface area contributed by atoms with Crippen LogP contribution in [0.1, 0.15) is 24.2 Å². The van der Waals surface area contributed by atoms with E-state index < -0.39 is 0 Å². The lowest BCUT2D eigenvalue weighted by atomic mass is 10.1. The third-order valence-corrected chi connectivity index (χ3v) is 2.96. The maximum absolute atomic E-state index is 5.76.